The standard InChI is InChI=1S/C24H29N5O.2ClH/c25-13-18-4-7-23-21(12-18)22-15-29(14-19(22)16-30-23)11-8-17-2-5-20(6-3-17)28-24-26-9-1-10-27-24;;/h1,4,7,9-10,12,17,19-20,22H,2-3,5-6,8,11,14-16H2,(H,26,27,28);2*1H/t17-,19-,20-,22+;;/m0../s1. The summed E-state index contributed by atoms with van der Waals surface area (Å²) in [6.07, 6.45) is 9.82. The number of rotatable bonds is 5. The third kappa shape index (κ3) is 5.46. The molecule has 3 aliphatic rings. The van der Waals surface area contributed by atoms with Gasteiger partial charge >= 0.3 is 0 Å². The van der Waals surface area contributed by atoms with Crippen LogP contribution in [0.25, 0.3) is 0 Å². The Morgan fingerprint density at radius 3 is 2.62 bits per heavy atom. The first-order valence-electron chi connectivity index (χ1n) is 11.2. The zero-order valence-corrected chi connectivity index (χ0v) is 19.8. The van der Waals surface area contributed by atoms with Crippen LogP contribution >= 0.6 is 24.8 Å². The molecule has 0 unspecified atom stereocenters. The van der Waals surface area contributed by atoms with E-state index in [1.165, 1.54) is 44.2 Å². The fraction of sp³-hybridized carbons (Fsp3) is 0.542. The van der Waals surface area contributed by atoms with E-state index < -0.39 is 0 Å². The van der Waals surface area contributed by atoms with Gasteiger partial charge in [-0.15, -0.1) is 24.8 Å². The normalized spacial score (nSPS) is 26.3. The lowest BCUT2D eigenvalue weighted by Crippen LogP contribution is -2.29. The van der Waals surface area contributed by atoms with E-state index in [4.69, 9.17) is 4.74 Å². The second-order valence-electron chi connectivity index (χ2n) is 9.02. The molecule has 2 fully saturated rings. The number of fused-ring (bicyclic) bond motifs is 3. The summed E-state index contributed by atoms with van der Waals surface area (Å²) in [6.45, 7) is 4.19. The maximum absolute atomic E-state index is 9.25. The van der Waals surface area contributed by atoms with Crippen LogP contribution in [0.2, 0.25) is 0 Å². The van der Waals surface area contributed by atoms with Gasteiger partial charge in [0.05, 0.1) is 18.2 Å². The average molecular weight is 476 g/mol. The van der Waals surface area contributed by atoms with Crippen molar-refractivity contribution in [1.29, 1.82) is 5.26 Å². The number of nitriles is 1. The van der Waals surface area contributed by atoms with Gasteiger partial charge < -0.3 is 15.0 Å². The second-order valence-corrected chi connectivity index (χ2v) is 9.02. The van der Waals surface area contributed by atoms with E-state index in [1.807, 2.05) is 24.3 Å². The highest BCUT2D eigenvalue weighted by atomic mass is 35.5. The van der Waals surface area contributed by atoms with E-state index in [9.17, 15) is 5.26 Å². The van der Waals surface area contributed by atoms with E-state index in [0.717, 1.165) is 42.9 Å². The Morgan fingerprint density at radius 2 is 1.88 bits per heavy atom. The number of ether oxygens (including phenoxy) is 1. The fourth-order valence-corrected chi connectivity index (χ4v) is 5.42. The van der Waals surface area contributed by atoms with Crippen molar-refractivity contribution in [1.82, 2.24) is 14.9 Å². The molecule has 1 aliphatic carbocycles. The summed E-state index contributed by atoms with van der Waals surface area (Å²) >= 11 is 0. The largest absolute Gasteiger partial charge is 0.493 e. The molecule has 0 spiro atoms. The molecule has 0 radical (unpaired) electrons. The highest BCUT2D eigenvalue weighted by Crippen LogP contribution is 2.42. The Bertz CT molecular complexity index is 914. The first kappa shape index (κ1) is 24.6. The first-order valence-corrected chi connectivity index (χ1v) is 11.2. The van der Waals surface area contributed by atoms with Gasteiger partial charge in [0.25, 0.3) is 0 Å². The van der Waals surface area contributed by atoms with Crippen molar-refractivity contribution in [2.45, 2.75) is 44.1 Å². The van der Waals surface area contributed by atoms with Gasteiger partial charge in [0.2, 0.25) is 5.95 Å². The smallest absolute Gasteiger partial charge is 0.222 e. The van der Waals surface area contributed by atoms with Crippen LogP contribution < -0.4 is 10.1 Å². The minimum Gasteiger partial charge on any atom is -0.493 e. The molecule has 2 atom stereocenters. The minimum atomic E-state index is 0. The molecule has 3 heterocycles. The quantitative estimate of drug-likeness (QED) is 0.677. The molecule has 6 nitrogen and oxygen atoms in total. The zero-order valence-electron chi connectivity index (χ0n) is 18.2. The molecule has 1 aromatic heterocycles. The number of aromatic nitrogens is 2. The predicted molar refractivity (Wildman–Crippen MR) is 130 cm³/mol. The monoisotopic (exact) mass is 475 g/mol. The molecule has 0 amide bonds. The van der Waals surface area contributed by atoms with Crippen LogP contribution in [0.4, 0.5) is 5.95 Å². The van der Waals surface area contributed by atoms with Crippen LogP contribution in [-0.4, -0.2) is 47.2 Å². The van der Waals surface area contributed by atoms with Gasteiger partial charge in [0.1, 0.15) is 5.75 Å². The molecule has 8 heteroatoms. The summed E-state index contributed by atoms with van der Waals surface area (Å²) in [5, 5.41) is 12.7. The van der Waals surface area contributed by atoms with Gasteiger partial charge in [-0.1, -0.05) is 0 Å². The highest BCUT2D eigenvalue weighted by Gasteiger charge is 2.38. The number of hydrogen-bond acceptors (Lipinski definition) is 6. The van der Waals surface area contributed by atoms with Crippen LogP contribution in [-0.2, 0) is 0 Å². The van der Waals surface area contributed by atoms with E-state index in [2.05, 4.69) is 26.3 Å². The van der Waals surface area contributed by atoms with Gasteiger partial charge in [-0.05, 0) is 68.8 Å². The van der Waals surface area contributed by atoms with Crippen LogP contribution in [0.3, 0.4) is 0 Å². The number of hydrogen-bond donors (Lipinski definition) is 1. The van der Waals surface area contributed by atoms with Crippen molar-refractivity contribution in [3.8, 4) is 11.8 Å². The van der Waals surface area contributed by atoms with Gasteiger partial charge in [0.15, 0.2) is 0 Å². The Balaban J connectivity index is 0.00000144. The summed E-state index contributed by atoms with van der Waals surface area (Å²) in [6, 6.07) is 10.5. The Kier molecular flexibility index (Phi) is 8.58. The Morgan fingerprint density at radius 1 is 1.09 bits per heavy atom. The SMILES string of the molecule is Cl.Cl.N#Cc1ccc2c(c1)[C@@H]1CN(CC[C@H]3CC[C@H](Nc4ncccn4)CC3)C[C@H]1CO2. The molecule has 1 aromatic carbocycles. The van der Waals surface area contributed by atoms with Crippen molar-refractivity contribution < 1.29 is 4.74 Å². The second kappa shape index (κ2) is 11.2. The number of likely N-dealkylation sites (tertiary alicyclic amines) is 1. The molecule has 1 N–H and O–H groups in total. The van der Waals surface area contributed by atoms with Crippen molar-refractivity contribution in [2.24, 2.45) is 11.8 Å². The van der Waals surface area contributed by atoms with Crippen LogP contribution in [0.1, 0.15) is 49.1 Å². The minimum absolute atomic E-state index is 0. The van der Waals surface area contributed by atoms with E-state index in [0.29, 0.717) is 17.9 Å². The van der Waals surface area contributed by atoms with Crippen LogP contribution in [0.15, 0.2) is 36.7 Å². The molecule has 1 saturated carbocycles. The molecule has 2 aromatic rings. The Labute approximate surface area is 202 Å². The summed E-state index contributed by atoms with van der Waals surface area (Å²) in [5.41, 5.74) is 1.98. The van der Waals surface area contributed by atoms with E-state index in [1.54, 1.807) is 12.4 Å². The molecule has 32 heavy (non-hydrogen) atoms. The van der Waals surface area contributed by atoms with Crippen LogP contribution in [0, 0.1) is 23.2 Å². The van der Waals surface area contributed by atoms with Crippen LogP contribution in [0.5, 0.6) is 5.75 Å². The predicted octanol–water partition coefficient (Wildman–Crippen LogP) is 4.66. The third-order valence-electron chi connectivity index (χ3n) is 7.11. The third-order valence-corrected chi connectivity index (χ3v) is 7.11. The average Bonchev–Trinajstić information content (AvgIpc) is 3.23. The maximum atomic E-state index is 9.25. The van der Waals surface area contributed by atoms with Gasteiger partial charge in [-0.3, -0.25) is 0 Å². The van der Waals surface area contributed by atoms with Gasteiger partial charge in [-0.2, -0.15) is 5.26 Å². The summed E-state index contributed by atoms with van der Waals surface area (Å²) in [4.78, 5) is 11.2. The van der Waals surface area contributed by atoms with Crippen molar-refractivity contribution >= 4 is 30.8 Å². The maximum Gasteiger partial charge on any atom is 0.222 e. The number of nitrogens with one attached hydrogen (secondary N) is 1. The zero-order chi connectivity index (χ0) is 20.3. The number of benzene rings is 1. The molecule has 0 bridgehead atoms. The van der Waals surface area contributed by atoms with E-state index >= 15 is 0 Å². The molecule has 2 aliphatic heterocycles. The summed E-state index contributed by atoms with van der Waals surface area (Å²) < 4.78 is 5.99. The van der Waals surface area contributed by atoms with Gasteiger partial charge in [0, 0.05) is 48.9 Å². The lowest BCUT2D eigenvalue weighted by Gasteiger charge is -2.30. The highest BCUT2D eigenvalue weighted by molar-refractivity contribution is 5.85. The lowest BCUT2D eigenvalue weighted by molar-refractivity contribution is 0.209. The topological polar surface area (TPSA) is 74.1 Å². The molecular weight excluding hydrogens is 445 g/mol. The number of halogens is 2. The summed E-state index contributed by atoms with van der Waals surface area (Å²) in [7, 11) is 0. The number of nitrogens with zero attached hydrogens (tertiary/aromatic N) is 4. The lowest BCUT2D eigenvalue weighted by atomic mass is 9.84. The van der Waals surface area contributed by atoms with E-state index in [-0.39, 0.29) is 24.8 Å². The molecule has 172 valence electrons. The Hall–Kier alpha value is -2.07. The van der Waals surface area contributed by atoms with Crippen molar-refractivity contribution in [2.75, 3.05) is 31.6 Å². The van der Waals surface area contributed by atoms with Gasteiger partial charge in [-0.25, -0.2) is 9.97 Å². The first-order chi connectivity index (χ1) is 14.8. The van der Waals surface area contributed by atoms with Crippen molar-refractivity contribution in [3.05, 3.63) is 47.8 Å². The van der Waals surface area contributed by atoms with Crippen molar-refractivity contribution in [3.63, 3.8) is 0 Å². The molecule has 5 rings (SSSR count). The molecule has 1 saturated heterocycles. The summed E-state index contributed by atoms with van der Waals surface area (Å²) in [5.74, 6) is 3.61. The molecular formula is C24H31Cl2N5O. The fourth-order valence-electron chi connectivity index (χ4n) is 5.42. The number of anilines is 1.